The summed E-state index contributed by atoms with van der Waals surface area (Å²) in [6.45, 7) is 3.21. The molecule has 2 aromatic carbocycles. The largest absolute Gasteiger partial charge is 0.508 e. The summed E-state index contributed by atoms with van der Waals surface area (Å²) in [6.07, 6.45) is 3.44. The monoisotopic (exact) mass is 451 g/mol. The van der Waals surface area contributed by atoms with Crippen LogP contribution in [0.25, 0.3) is 27.9 Å². The van der Waals surface area contributed by atoms with E-state index < -0.39 is 0 Å². The predicted octanol–water partition coefficient (Wildman–Crippen LogP) is 2.72. The van der Waals surface area contributed by atoms with Gasteiger partial charge in [0.25, 0.3) is 0 Å². The molecule has 0 saturated carbocycles. The molecule has 0 amide bonds. The number of aromatic hydroxyl groups is 1. The molecule has 168 valence electrons. The highest BCUT2D eigenvalue weighted by Crippen LogP contribution is 2.26. The second kappa shape index (κ2) is 8.04. The first-order chi connectivity index (χ1) is 16.7. The number of aromatic nitrogens is 6. The normalized spacial score (nSPS) is 14.1. The molecule has 1 N–H and O–H groups in total. The molecule has 0 radical (unpaired) electrons. The van der Waals surface area contributed by atoms with Crippen LogP contribution in [0, 0.1) is 11.3 Å². The zero-order valence-electron chi connectivity index (χ0n) is 18.3. The van der Waals surface area contributed by atoms with Gasteiger partial charge in [-0.3, -0.25) is 0 Å². The number of imidazole rings is 1. The summed E-state index contributed by atoms with van der Waals surface area (Å²) >= 11 is 0. The van der Waals surface area contributed by atoms with Crippen molar-refractivity contribution in [3.63, 3.8) is 0 Å². The lowest BCUT2D eigenvalue weighted by atomic mass is 10.2. The molecule has 0 atom stereocenters. The van der Waals surface area contributed by atoms with E-state index in [0.29, 0.717) is 22.9 Å². The van der Waals surface area contributed by atoms with Crippen LogP contribution < -0.4 is 9.80 Å². The average molecular weight is 451 g/mol. The van der Waals surface area contributed by atoms with Crippen LogP contribution in [0.5, 0.6) is 5.75 Å². The van der Waals surface area contributed by atoms with Crippen LogP contribution in [0.3, 0.4) is 0 Å². The van der Waals surface area contributed by atoms with Gasteiger partial charge in [-0.05, 0) is 30.3 Å². The fourth-order valence-electron chi connectivity index (χ4n) is 4.37. The summed E-state index contributed by atoms with van der Waals surface area (Å²) < 4.78 is 3.53. The zero-order chi connectivity index (χ0) is 23.1. The summed E-state index contributed by atoms with van der Waals surface area (Å²) in [5.41, 5.74) is 3.22. The lowest BCUT2D eigenvalue weighted by Gasteiger charge is -2.36. The Kier molecular flexibility index (Phi) is 4.73. The Balaban J connectivity index is 1.39. The van der Waals surface area contributed by atoms with Crippen LogP contribution in [0.15, 0.2) is 61.1 Å². The second-order valence-electron chi connectivity index (χ2n) is 8.16. The number of hydrogen-bond acceptors (Lipinski definition) is 8. The van der Waals surface area contributed by atoms with Crippen molar-refractivity contribution >= 4 is 33.7 Å². The molecule has 1 aliphatic heterocycles. The van der Waals surface area contributed by atoms with Crippen molar-refractivity contribution in [2.45, 2.75) is 6.54 Å². The smallest absolute Gasteiger partial charge is 0.229 e. The highest BCUT2D eigenvalue weighted by atomic mass is 16.3. The van der Waals surface area contributed by atoms with Crippen molar-refractivity contribution in [3.8, 4) is 17.6 Å². The Morgan fingerprint density at radius 1 is 0.941 bits per heavy atom. The quantitative estimate of drug-likeness (QED) is 0.444. The van der Waals surface area contributed by atoms with Crippen LogP contribution in [0.4, 0.5) is 11.6 Å². The summed E-state index contributed by atoms with van der Waals surface area (Å²) in [7, 11) is 0. The summed E-state index contributed by atoms with van der Waals surface area (Å²) in [5, 5.41) is 24.4. The summed E-state index contributed by atoms with van der Waals surface area (Å²) in [5.74, 6) is 1.45. The molecular formula is C24H21N9O. The maximum Gasteiger partial charge on any atom is 0.229 e. The van der Waals surface area contributed by atoms with E-state index in [1.807, 2.05) is 42.6 Å². The van der Waals surface area contributed by atoms with E-state index in [4.69, 9.17) is 9.97 Å². The van der Waals surface area contributed by atoms with Gasteiger partial charge in [0, 0.05) is 37.3 Å². The average Bonchev–Trinajstić information content (AvgIpc) is 3.49. The molecule has 6 rings (SSSR count). The molecule has 4 heterocycles. The van der Waals surface area contributed by atoms with Gasteiger partial charge in [0.05, 0.1) is 24.1 Å². The van der Waals surface area contributed by atoms with E-state index in [1.165, 1.54) is 0 Å². The Morgan fingerprint density at radius 3 is 2.50 bits per heavy atom. The van der Waals surface area contributed by atoms with Gasteiger partial charge >= 0.3 is 0 Å². The van der Waals surface area contributed by atoms with Gasteiger partial charge in [0.15, 0.2) is 17.0 Å². The van der Waals surface area contributed by atoms with E-state index in [-0.39, 0.29) is 12.3 Å². The number of anilines is 2. The van der Waals surface area contributed by atoms with Crippen molar-refractivity contribution in [3.05, 3.63) is 61.1 Å². The number of phenols is 1. The van der Waals surface area contributed by atoms with Crippen LogP contribution in [0.1, 0.15) is 0 Å². The van der Waals surface area contributed by atoms with E-state index in [0.717, 1.165) is 42.8 Å². The van der Waals surface area contributed by atoms with Crippen LogP contribution in [-0.4, -0.2) is 60.6 Å². The van der Waals surface area contributed by atoms with E-state index in [9.17, 15) is 10.4 Å². The minimum atomic E-state index is 0.154. The van der Waals surface area contributed by atoms with Crippen molar-refractivity contribution in [1.82, 2.24) is 29.3 Å². The Labute approximate surface area is 194 Å². The SMILES string of the molecule is N#CCn1cnc2c(-n3ncc4ccccc43)nc(N3CCN(c4ccc(O)cc4)CC3)nc21. The van der Waals surface area contributed by atoms with Crippen molar-refractivity contribution in [2.75, 3.05) is 36.0 Å². The third-order valence-electron chi connectivity index (χ3n) is 6.13. The van der Waals surface area contributed by atoms with Crippen molar-refractivity contribution in [2.24, 2.45) is 0 Å². The third-order valence-corrected chi connectivity index (χ3v) is 6.13. The van der Waals surface area contributed by atoms with Gasteiger partial charge < -0.3 is 19.5 Å². The van der Waals surface area contributed by atoms with Gasteiger partial charge in [-0.2, -0.15) is 20.3 Å². The van der Waals surface area contributed by atoms with E-state index in [2.05, 4.69) is 26.0 Å². The predicted molar refractivity (Wildman–Crippen MR) is 128 cm³/mol. The highest BCUT2D eigenvalue weighted by Gasteiger charge is 2.23. The maximum absolute atomic E-state index is 9.57. The minimum Gasteiger partial charge on any atom is -0.508 e. The molecule has 3 aromatic heterocycles. The molecular weight excluding hydrogens is 430 g/mol. The maximum atomic E-state index is 9.57. The van der Waals surface area contributed by atoms with Crippen LogP contribution in [-0.2, 0) is 6.54 Å². The molecule has 0 spiro atoms. The molecule has 1 saturated heterocycles. The first-order valence-electron chi connectivity index (χ1n) is 11.0. The molecule has 0 unspecified atom stereocenters. The topological polar surface area (TPSA) is 112 Å². The second-order valence-corrected chi connectivity index (χ2v) is 8.16. The van der Waals surface area contributed by atoms with Gasteiger partial charge in [-0.15, -0.1) is 0 Å². The van der Waals surface area contributed by atoms with Gasteiger partial charge in [-0.25, -0.2) is 9.67 Å². The third kappa shape index (κ3) is 3.34. The fraction of sp³-hybridized carbons (Fsp3) is 0.208. The highest BCUT2D eigenvalue weighted by molar-refractivity contribution is 5.85. The number of hydrogen-bond donors (Lipinski definition) is 1. The number of nitrogens with zero attached hydrogens (tertiary/aromatic N) is 9. The fourth-order valence-corrected chi connectivity index (χ4v) is 4.37. The molecule has 1 aliphatic rings. The molecule has 34 heavy (non-hydrogen) atoms. The number of rotatable bonds is 4. The van der Waals surface area contributed by atoms with Crippen molar-refractivity contribution in [1.29, 1.82) is 5.26 Å². The Morgan fingerprint density at radius 2 is 1.71 bits per heavy atom. The summed E-state index contributed by atoms with van der Waals surface area (Å²) in [6, 6.07) is 17.4. The Bertz CT molecular complexity index is 1520. The lowest BCUT2D eigenvalue weighted by molar-refractivity contribution is 0.475. The van der Waals surface area contributed by atoms with Gasteiger partial charge in [0.1, 0.15) is 12.3 Å². The number of piperazine rings is 1. The molecule has 10 nitrogen and oxygen atoms in total. The first-order valence-corrected chi connectivity index (χ1v) is 11.0. The van der Waals surface area contributed by atoms with Crippen LogP contribution >= 0.6 is 0 Å². The zero-order valence-corrected chi connectivity index (χ0v) is 18.3. The molecule has 10 heteroatoms. The first kappa shape index (κ1) is 20.0. The van der Waals surface area contributed by atoms with Gasteiger partial charge in [-0.1, -0.05) is 18.2 Å². The summed E-state index contributed by atoms with van der Waals surface area (Å²) in [4.78, 5) is 18.7. The van der Waals surface area contributed by atoms with Crippen molar-refractivity contribution < 1.29 is 5.11 Å². The number of fused-ring (bicyclic) bond motifs is 2. The number of para-hydroxylation sites is 1. The molecule has 1 fully saturated rings. The van der Waals surface area contributed by atoms with Gasteiger partial charge in [0.2, 0.25) is 5.95 Å². The minimum absolute atomic E-state index is 0.154. The lowest BCUT2D eigenvalue weighted by Crippen LogP contribution is -2.47. The Hall–Kier alpha value is -4.65. The van der Waals surface area contributed by atoms with E-state index >= 15 is 0 Å². The van der Waals surface area contributed by atoms with Crippen LogP contribution in [0.2, 0.25) is 0 Å². The number of benzene rings is 2. The standard InChI is InChI=1S/C24H21N9O/c25-9-10-32-16-26-21-22(32)28-24(29-23(21)33-20-4-2-1-3-17(20)15-27-33)31-13-11-30(12-14-31)18-5-7-19(34)8-6-18/h1-8,15-16,34H,10-14H2. The number of nitriles is 1. The molecule has 5 aromatic rings. The van der Waals surface area contributed by atoms with E-state index in [1.54, 1.807) is 27.7 Å². The molecule has 0 aliphatic carbocycles. The number of phenolic OH excluding ortho intramolecular Hbond substituents is 1. The molecule has 0 bridgehead atoms.